The van der Waals surface area contributed by atoms with Crippen molar-refractivity contribution in [3.63, 3.8) is 0 Å². The molecule has 2 atom stereocenters. The van der Waals surface area contributed by atoms with Crippen molar-refractivity contribution in [3.05, 3.63) is 36.0 Å². The molecule has 3 rings (SSSR count). The first-order valence-corrected chi connectivity index (χ1v) is 6.06. The summed E-state index contributed by atoms with van der Waals surface area (Å²) >= 11 is 0. The van der Waals surface area contributed by atoms with Gasteiger partial charge in [-0.3, -0.25) is 4.68 Å². The second-order valence-corrected chi connectivity index (χ2v) is 4.95. The number of aromatic nitrogens is 2. The van der Waals surface area contributed by atoms with Gasteiger partial charge < -0.3 is 5.73 Å². The SMILES string of the molecule is CC1CC1c1nn(C)c(N)c1-c1ccccc1. The van der Waals surface area contributed by atoms with Crippen LogP contribution in [0.25, 0.3) is 11.1 Å². The van der Waals surface area contributed by atoms with Crippen LogP contribution in [-0.2, 0) is 7.05 Å². The third kappa shape index (κ3) is 1.62. The molecule has 2 aromatic rings. The van der Waals surface area contributed by atoms with Crippen LogP contribution in [-0.4, -0.2) is 9.78 Å². The van der Waals surface area contributed by atoms with Gasteiger partial charge in [0.15, 0.2) is 0 Å². The summed E-state index contributed by atoms with van der Waals surface area (Å²) in [5.41, 5.74) is 9.62. The Kier molecular flexibility index (Phi) is 2.21. The Morgan fingerprint density at radius 3 is 2.53 bits per heavy atom. The van der Waals surface area contributed by atoms with Gasteiger partial charge in [-0.25, -0.2) is 0 Å². The number of hydrogen-bond acceptors (Lipinski definition) is 2. The van der Waals surface area contributed by atoms with Gasteiger partial charge in [-0.1, -0.05) is 37.3 Å². The van der Waals surface area contributed by atoms with Gasteiger partial charge in [0.2, 0.25) is 0 Å². The first-order chi connectivity index (χ1) is 8.18. The smallest absolute Gasteiger partial charge is 0.129 e. The molecule has 1 fully saturated rings. The van der Waals surface area contributed by atoms with Crippen molar-refractivity contribution in [1.29, 1.82) is 0 Å². The molecule has 0 spiro atoms. The highest BCUT2D eigenvalue weighted by Gasteiger charge is 2.38. The Hall–Kier alpha value is -1.77. The maximum Gasteiger partial charge on any atom is 0.129 e. The molecule has 0 radical (unpaired) electrons. The third-order valence-corrected chi connectivity index (χ3v) is 3.64. The van der Waals surface area contributed by atoms with Gasteiger partial charge >= 0.3 is 0 Å². The van der Waals surface area contributed by atoms with E-state index in [0.717, 1.165) is 17.3 Å². The second kappa shape index (κ2) is 3.62. The molecule has 1 heterocycles. The summed E-state index contributed by atoms with van der Waals surface area (Å²) in [5.74, 6) is 2.10. The van der Waals surface area contributed by atoms with Gasteiger partial charge in [0.05, 0.1) is 5.69 Å². The number of nitrogens with two attached hydrogens (primary N) is 1. The molecule has 0 amide bonds. The summed E-state index contributed by atoms with van der Waals surface area (Å²) in [4.78, 5) is 0. The third-order valence-electron chi connectivity index (χ3n) is 3.64. The monoisotopic (exact) mass is 227 g/mol. The molecule has 88 valence electrons. The quantitative estimate of drug-likeness (QED) is 0.857. The molecular weight excluding hydrogens is 210 g/mol. The predicted octanol–water partition coefficient (Wildman–Crippen LogP) is 2.79. The van der Waals surface area contributed by atoms with Crippen molar-refractivity contribution < 1.29 is 0 Å². The molecule has 1 aromatic carbocycles. The lowest BCUT2D eigenvalue weighted by Gasteiger charge is -2.03. The lowest BCUT2D eigenvalue weighted by atomic mass is 10.0. The normalized spacial score (nSPS) is 22.7. The first-order valence-electron chi connectivity index (χ1n) is 6.06. The van der Waals surface area contributed by atoms with Gasteiger partial charge in [0, 0.05) is 18.5 Å². The van der Waals surface area contributed by atoms with Crippen LogP contribution < -0.4 is 5.73 Å². The van der Waals surface area contributed by atoms with Crippen molar-refractivity contribution in [2.75, 3.05) is 5.73 Å². The lowest BCUT2D eigenvalue weighted by Crippen LogP contribution is -1.97. The van der Waals surface area contributed by atoms with Crippen LogP contribution in [0, 0.1) is 5.92 Å². The Morgan fingerprint density at radius 2 is 1.94 bits per heavy atom. The Labute approximate surface area is 101 Å². The van der Waals surface area contributed by atoms with E-state index in [-0.39, 0.29) is 0 Å². The molecule has 2 unspecified atom stereocenters. The predicted molar refractivity (Wildman–Crippen MR) is 69.6 cm³/mol. The van der Waals surface area contributed by atoms with Crippen LogP contribution in [0.1, 0.15) is 25.0 Å². The van der Waals surface area contributed by atoms with Crippen molar-refractivity contribution in [3.8, 4) is 11.1 Å². The zero-order valence-electron chi connectivity index (χ0n) is 10.2. The molecule has 0 saturated heterocycles. The second-order valence-electron chi connectivity index (χ2n) is 4.95. The summed E-state index contributed by atoms with van der Waals surface area (Å²) in [6, 6.07) is 10.3. The number of rotatable bonds is 2. The number of hydrogen-bond donors (Lipinski definition) is 1. The van der Waals surface area contributed by atoms with Gasteiger partial charge in [-0.05, 0) is 17.9 Å². The lowest BCUT2D eigenvalue weighted by molar-refractivity contribution is 0.743. The standard InChI is InChI=1S/C14H17N3/c1-9-8-11(9)13-12(14(15)17(2)16-13)10-6-4-3-5-7-10/h3-7,9,11H,8,15H2,1-2H3. The summed E-state index contributed by atoms with van der Waals surface area (Å²) < 4.78 is 1.79. The molecule has 1 aromatic heterocycles. The van der Waals surface area contributed by atoms with Crippen molar-refractivity contribution >= 4 is 5.82 Å². The van der Waals surface area contributed by atoms with Crippen LogP contribution >= 0.6 is 0 Å². The minimum absolute atomic E-state index is 0.591. The van der Waals surface area contributed by atoms with E-state index in [2.05, 4.69) is 24.2 Å². The van der Waals surface area contributed by atoms with Crippen molar-refractivity contribution in [2.24, 2.45) is 13.0 Å². The maximum absolute atomic E-state index is 6.15. The Balaban J connectivity index is 2.15. The van der Waals surface area contributed by atoms with Crippen LogP contribution in [0.5, 0.6) is 0 Å². The molecular formula is C14H17N3. The Bertz CT molecular complexity index is 542. The molecule has 1 aliphatic rings. The highest BCUT2D eigenvalue weighted by atomic mass is 15.3. The number of nitrogens with zero attached hydrogens (tertiary/aromatic N) is 2. The van der Waals surface area contributed by atoms with E-state index in [0.29, 0.717) is 5.92 Å². The fraction of sp³-hybridized carbons (Fsp3) is 0.357. The molecule has 1 aliphatic carbocycles. The Morgan fingerprint density at radius 1 is 1.29 bits per heavy atom. The van der Waals surface area contributed by atoms with Crippen molar-refractivity contribution in [2.45, 2.75) is 19.3 Å². The maximum atomic E-state index is 6.15. The minimum atomic E-state index is 0.591. The van der Waals surface area contributed by atoms with Crippen LogP contribution in [0.4, 0.5) is 5.82 Å². The van der Waals surface area contributed by atoms with Crippen LogP contribution in [0.15, 0.2) is 30.3 Å². The molecule has 2 N–H and O–H groups in total. The van der Waals surface area contributed by atoms with E-state index in [1.54, 1.807) is 4.68 Å². The van der Waals surface area contributed by atoms with E-state index < -0.39 is 0 Å². The van der Waals surface area contributed by atoms with E-state index in [9.17, 15) is 0 Å². The van der Waals surface area contributed by atoms with E-state index in [1.165, 1.54) is 17.7 Å². The average Bonchev–Trinajstić information content (AvgIpc) is 2.98. The van der Waals surface area contributed by atoms with Gasteiger partial charge in [0.25, 0.3) is 0 Å². The molecule has 17 heavy (non-hydrogen) atoms. The number of nitrogen functional groups attached to an aromatic ring is 1. The van der Waals surface area contributed by atoms with E-state index >= 15 is 0 Å². The summed E-state index contributed by atoms with van der Waals surface area (Å²) in [6.07, 6.45) is 1.23. The topological polar surface area (TPSA) is 43.8 Å². The first kappa shape index (κ1) is 10.4. The number of benzene rings is 1. The molecule has 3 nitrogen and oxygen atoms in total. The largest absolute Gasteiger partial charge is 0.383 e. The number of aryl methyl sites for hydroxylation is 1. The molecule has 1 saturated carbocycles. The van der Waals surface area contributed by atoms with Crippen LogP contribution in [0.3, 0.4) is 0 Å². The molecule has 0 bridgehead atoms. The van der Waals surface area contributed by atoms with E-state index in [4.69, 9.17) is 5.73 Å². The minimum Gasteiger partial charge on any atom is -0.383 e. The molecule has 0 aliphatic heterocycles. The summed E-state index contributed by atoms with van der Waals surface area (Å²) in [5, 5.41) is 4.59. The summed E-state index contributed by atoms with van der Waals surface area (Å²) in [7, 11) is 1.92. The van der Waals surface area contributed by atoms with Gasteiger partial charge in [-0.15, -0.1) is 0 Å². The summed E-state index contributed by atoms with van der Waals surface area (Å²) in [6.45, 7) is 2.27. The zero-order chi connectivity index (χ0) is 12.0. The number of anilines is 1. The van der Waals surface area contributed by atoms with Crippen LogP contribution in [0.2, 0.25) is 0 Å². The zero-order valence-corrected chi connectivity index (χ0v) is 10.2. The van der Waals surface area contributed by atoms with Gasteiger partial charge in [-0.2, -0.15) is 5.10 Å². The van der Waals surface area contributed by atoms with Crippen molar-refractivity contribution in [1.82, 2.24) is 9.78 Å². The highest BCUT2D eigenvalue weighted by molar-refractivity contribution is 5.77. The fourth-order valence-electron chi connectivity index (χ4n) is 2.42. The highest BCUT2D eigenvalue weighted by Crippen LogP contribution is 2.50. The van der Waals surface area contributed by atoms with E-state index in [1.807, 2.05) is 25.2 Å². The average molecular weight is 227 g/mol. The molecule has 3 heteroatoms. The van der Waals surface area contributed by atoms with Gasteiger partial charge in [0.1, 0.15) is 5.82 Å². The fourth-order valence-corrected chi connectivity index (χ4v) is 2.42.